The lowest BCUT2D eigenvalue weighted by Crippen LogP contribution is -2.53. The molecule has 0 aromatic heterocycles. The van der Waals surface area contributed by atoms with Crippen LogP contribution in [0.15, 0.2) is 46.9 Å². The van der Waals surface area contributed by atoms with Gasteiger partial charge in [-0.3, -0.25) is 0 Å². The molecule has 228 valence electrons. The largest absolute Gasteiger partial charge is 0.390 e. The zero-order valence-electron chi connectivity index (χ0n) is 25.6. The van der Waals surface area contributed by atoms with Gasteiger partial charge in [0.2, 0.25) is 0 Å². The topological polar surface area (TPSA) is 83.8 Å². The molecule has 41 heavy (non-hydrogen) atoms. The van der Waals surface area contributed by atoms with Gasteiger partial charge in [-0.2, -0.15) is 0 Å². The van der Waals surface area contributed by atoms with Gasteiger partial charge in [0, 0.05) is 13.0 Å². The fourth-order valence-electron chi connectivity index (χ4n) is 10.7. The van der Waals surface area contributed by atoms with Crippen LogP contribution in [0.25, 0.3) is 0 Å². The van der Waals surface area contributed by atoms with Gasteiger partial charge in [-0.1, -0.05) is 57.5 Å². The zero-order chi connectivity index (χ0) is 29.3. The molecule has 1 aromatic carbocycles. The second-order valence-corrected chi connectivity index (χ2v) is 17.4. The first-order valence-electron chi connectivity index (χ1n) is 16.4. The van der Waals surface area contributed by atoms with E-state index in [0.29, 0.717) is 41.6 Å². The van der Waals surface area contributed by atoms with E-state index in [2.05, 4.69) is 33.8 Å². The summed E-state index contributed by atoms with van der Waals surface area (Å²) in [5.74, 6) is 2.11. The molecule has 2 unspecified atom stereocenters. The Morgan fingerprint density at radius 1 is 0.976 bits per heavy atom. The zero-order valence-corrected chi connectivity index (χ0v) is 26.5. The minimum absolute atomic E-state index is 0.0594. The lowest BCUT2D eigenvalue weighted by molar-refractivity contribution is -0.0762. The molecule has 0 radical (unpaired) electrons. The van der Waals surface area contributed by atoms with E-state index >= 15 is 0 Å². The Bertz CT molecular complexity index is 1250. The highest BCUT2D eigenvalue weighted by atomic mass is 32.2. The highest BCUT2D eigenvalue weighted by Gasteiger charge is 2.61. The lowest BCUT2D eigenvalue weighted by Gasteiger charge is -2.59. The van der Waals surface area contributed by atoms with Crippen molar-refractivity contribution in [3.05, 3.63) is 42.0 Å². The highest BCUT2D eigenvalue weighted by molar-refractivity contribution is 7.92. The maximum atomic E-state index is 14.2. The Morgan fingerprint density at radius 3 is 2.41 bits per heavy atom. The monoisotopic (exact) mass is 584 g/mol. The van der Waals surface area contributed by atoms with Crippen LogP contribution >= 0.6 is 0 Å². The van der Waals surface area contributed by atoms with Crippen molar-refractivity contribution in [2.24, 2.45) is 40.4 Å². The lowest BCUT2D eigenvalue weighted by atomic mass is 9.46. The molecule has 0 bridgehead atoms. The number of allylic oxidation sites excluding steroid dienone is 1. The minimum atomic E-state index is -3.64. The average molecular weight is 585 g/mol. The smallest absolute Gasteiger partial charge is 0.181 e. The van der Waals surface area contributed by atoms with Crippen molar-refractivity contribution >= 4 is 9.84 Å². The third kappa shape index (κ3) is 4.87. The molecule has 5 aliphatic rings. The van der Waals surface area contributed by atoms with Crippen LogP contribution in [0.5, 0.6) is 0 Å². The number of hydrogen-bond acceptors (Lipinski definition) is 5. The molecular formula is C35H52O5S. The van der Waals surface area contributed by atoms with Gasteiger partial charge in [0.05, 0.1) is 28.0 Å². The van der Waals surface area contributed by atoms with Gasteiger partial charge < -0.3 is 14.9 Å². The third-order valence-electron chi connectivity index (χ3n) is 13.3. The van der Waals surface area contributed by atoms with Gasteiger partial charge in [-0.25, -0.2) is 8.42 Å². The van der Waals surface area contributed by atoms with Crippen molar-refractivity contribution in [3.63, 3.8) is 0 Å². The summed E-state index contributed by atoms with van der Waals surface area (Å²) in [7, 11) is -3.64. The fourth-order valence-corrected chi connectivity index (χ4v) is 12.8. The van der Waals surface area contributed by atoms with Crippen molar-refractivity contribution in [2.75, 3.05) is 13.2 Å². The van der Waals surface area contributed by atoms with E-state index in [1.807, 2.05) is 6.07 Å². The molecule has 1 aliphatic heterocycles. The quantitative estimate of drug-likeness (QED) is 0.348. The SMILES string of the molecule is CC[C@]1(O)CC[C@@]2(C)C(=CC[C@H]3[C@@H]4CC[C@H]([C@H](C)C(CC5(O)CCOC5)S(=O)(=O)c5ccccc5)[C@@]4(C)CC[C@@H]32)C1. The molecule has 1 aromatic rings. The number of hydrogen-bond donors (Lipinski definition) is 2. The van der Waals surface area contributed by atoms with Gasteiger partial charge in [0.25, 0.3) is 0 Å². The average Bonchev–Trinajstić information content (AvgIpc) is 3.55. The summed E-state index contributed by atoms with van der Waals surface area (Å²) in [6, 6.07) is 8.88. The Labute approximate surface area is 248 Å². The van der Waals surface area contributed by atoms with E-state index in [4.69, 9.17) is 4.74 Å². The third-order valence-corrected chi connectivity index (χ3v) is 15.7. The maximum absolute atomic E-state index is 14.2. The summed E-state index contributed by atoms with van der Waals surface area (Å²) < 4.78 is 34.1. The van der Waals surface area contributed by atoms with Crippen molar-refractivity contribution in [1.29, 1.82) is 0 Å². The number of aliphatic hydroxyl groups is 2. The minimum Gasteiger partial charge on any atom is -0.390 e. The van der Waals surface area contributed by atoms with Crippen LogP contribution in [0.3, 0.4) is 0 Å². The van der Waals surface area contributed by atoms with Gasteiger partial charge in [-0.15, -0.1) is 0 Å². The molecule has 4 fully saturated rings. The molecule has 4 aliphatic carbocycles. The van der Waals surface area contributed by atoms with Crippen LogP contribution in [0, 0.1) is 40.4 Å². The fraction of sp³-hybridized carbons (Fsp3) is 0.771. The van der Waals surface area contributed by atoms with Crippen LogP contribution in [0.1, 0.15) is 98.3 Å². The summed E-state index contributed by atoms with van der Waals surface area (Å²) >= 11 is 0. The van der Waals surface area contributed by atoms with Crippen LogP contribution in [0.2, 0.25) is 0 Å². The van der Waals surface area contributed by atoms with Crippen molar-refractivity contribution in [1.82, 2.24) is 0 Å². The number of rotatable bonds is 7. The molecule has 1 saturated heterocycles. The summed E-state index contributed by atoms with van der Waals surface area (Å²) in [6.07, 6.45) is 12.5. The first kappa shape index (κ1) is 29.8. The Hall–Kier alpha value is -1.21. The highest BCUT2D eigenvalue weighted by Crippen LogP contribution is 2.68. The van der Waals surface area contributed by atoms with Gasteiger partial charge in [-0.05, 0) is 117 Å². The molecule has 0 amide bonds. The molecule has 6 rings (SSSR count). The van der Waals surface area contributed by atoms with E-state index in [9.17, 15) is 18.6 Å². The molecule has 5 nitrogen and oxygen atoms in total. The first-order chi connectivity index (χ1) is 19.4. The normalized spacial score (nSPS) is 43.9. The predicted octanol–water partition coefficient (Wildman–Crippen LogP) is 6.73. The molecule has 3 saturated carbocycles. The van der Waals surface area contributed by atoms with E-state index in [0.717, 1.165) is 51.4 Å². The molecular weight excluding hydrogens is 532 g/mol. The molecule has 6 heteroatoms. The van der Waals surface area contributed by atoms with Crippen LogP contribution < -0.4 is 0 Å². The molecule has 10 atom stereocenters. The van der Waals surface area contributed by atoms with Crippen LogP contribution in [0.4, 0.5) is 0 Å². The Kier molecular flexibility index (Phi) is 7.61. The molecule has 1 heterocycles. The number of sulfone groups is 1. The van der Waals surface area contributed by atoms with Gasteiger partial charge in [0.15, 0.2) is 9.84 Å². The number of benzene rings is 1. The second-order valence-electron chi connectivity index (χ2n) is 15.2. The van der Waals surface area contributed by atoms with E-state index in [1.54, 1.807) is 24.3 Å². The van der Waals surface area contributed by atoms with E-state index < -0.39 is 26.3 Å². The Balaban J connectivity index is 1.29. The summed E-state index contributed by atoms with van der Waals surface area (Å²) in [5, 5.41) is 21.9. The van der Waals surface area contributed by atoms with Crippen LogP contribution in [-0.2, 0) is 14.6 Å². The van der Waals surface area contributed by atoms with Crippen LogP contribution in [-0.4, -0.2) is 48.3 Å². The predicted molar refractivity (Wildman–Crippen MR) is 162 cm³/mol. The van der Waals surface area contributed by atoms with E-state index in [1.165, 1.54) is 12.0 Å². The summed E-state index contributed by atoms with van der Waals surface area (Å²) in [4.78, 5) is 0.366. The maximum Gasteiger partial charge on any atom is 0.181 e. The second kappa shape index (κ2) is 10.5. The van der Waals surface area contributed by atoms with Crippen molar-refractivity contribution in [2.45, 2.75) is 120 Å². The van der Waals surface area contributed by atoms with Crippen molar-refractivity contribution < 1.29 is 23.4 Å². The molecule has 2 N–H and O–H groups in total. The van der Waals surface area contributed by atoms with E-state index in [-0.39, 0.29) is 29.8 Å². The number of fused-ring (bicyclic) bond motifs is 5. The summed E-state index contributed by atoms with van der Waals surface area (Å²) in [6.45, 7) is 9.94. The van der Waals surface area contributed by atoms with Gasteiger partial charge in [0.1, 0.15) is 0 Å². The standard InChI is InChI=1S/C35H52O5S/c1-5-34(36)18-17-32(3)25(21-34)11-12-27-29-14-13-28(33(29,4)16-15-30(27)32)24(2)31(22-35(37)19-20-40-23-35)41(38,39)26-9-7-6-8-10-26/h6-11,24,27-31,36-37H,5,12-23H2,1-4H3/t24-,27-,28+,29-,30-,31?,32-,33+,34-,35?/m0/s1. The molecule has 0 spiro atoms. The van der Waals surface area contributed by atoms with Crippen molar-refractivity contribution in [3.8, 4) is 0 Å². The first-order valence-corrected chi connectivity index (χ1v) is 17.9. The number of ether oxygens (including phenoxy) is 1. The summed E-state index contributed by atoms with van der Waals surface area (Å²) in [5.41, 5.74) is 0.156. The Morgan fingerprint density at radius 2 is 1.73 bits per heavy atom. The van der Waals surface area contributed by atoms with Gasteiger partial charge >= 0.3 is 0 Å².